The van der Waals surface area contributed by atoms with Gasteiger partial charge in [-0.1, -0.05) is 29.8 Å². The van der Waals surface area contributed by atoms with Gasteiger partial charge >= 0.3 is 0 Å². The van der Waals surface area contributed by atoms with Crippen molar-refractivity contribution in [3.8, 4) is 5.75 Å². The summed E-state index contributed by atoms with van der Waals surface area (Å²) < 4.78 is 28.4. The number of ether oxygens (including phenoxy) is 5. The largest absolute Gasteiger partial charge is 0.488 e. The lowest BCUT2D eigenvalue weighted by Crippen LogP contribution is -2.64. The van der Waals surface area contributed by atoms with Gasteiger partial charge in [-0.15, -0.1) is 0 Å². The van der Waals surface area contributed by atoms with E-state index in [9.17, 15) is 15.3 Å². The lowest BCUT2D eigenvalue weighted by molar-refractivity contribution is -0.375. The smallest absolute Gasteiger partial charge is 0.227 e. The van der Waals surface area contributed by atoms with Gasteiger partial charge in [-0.05, 0) is 41.8 Å². The van der Waals surface area contributed by atoms with Crippen LogP contribution in [0.15, 0.2) is 42.5 Å². The van der Waals surface area contributed by atoms with Crippen LogP contribution in [-0.4, -0.2) is 72.5 Å². The van der Waals surface area contributed by atoms with Crippen LogP contribution in [0.3, 0.4) is 0 Å². The van der Waals surface area contributed by atoms with Crippen molar-refractivity contribution in [2.75, 3.05) is 26.9 Å². The number of benzene rings is 2. The lowest BCUT2D eigenvalue weighted by atomic mass is 9.87. The second-order valence-corrected chi connectivity index (χ2v) is 9.09. The summed E-state index contributed by atoms with van der Waals surface area (Å²) in [7, 11) is 1.35. The molecule has 3 aliphatic heterocycles. The number of aliphatic hydroxyl groups excluding tert-OH is 3. The molecule has 5 rings (SSSR count). The second kappa shape index (κ2) is 8.79. The average Bonchev–Trinajstić information content (AvgIpc) is 3.48. The molecule has 0 aromatic heterocycles. The van der Waals surface area contributed by atoms with E-state index in [1.165, 1.54) is 7.11 Å². The third-order valence-corrected chi connectivity index (χ3v) is 6.97. The third-order valence-electron chi connectivity index (χ3n) is 6.60. The molecule has 3 aliphatic rings. The molecule has 0 saturated carbocycles. The summed E-state index contributed by atoms with van der Waals surface area (Å²) in [6.45, 7) is 1.19. The van der Waals surface area contributed by atoms with Crippen LogP contribution in [0.1, 0.15) is 23.1 Å². The van der Waals surface area contributed by atoms with Gasteiger partial charge in [0.05, 0.1) is 13.2 Å². The maximum absolute atomic E-state index is 10.8. The SMILES string of the molecule is CO[C@@]12CO[C@@](c3ccc(Cl)c(Cc4ccc(O[C@H]5CCOC5)cc4)c3)(O1)[C@H](O)[C@@H](O)[C@@H]2O. The summed E-state index contributed by atoms with van der Waals surface area (Å²) in [6, 6.07) is 12.9. The first-order valence-corrected chi connectivity index (χ1v) is 11.3. The van der Waals surface area contributed by atoms with E-state index < -0.39 is 29.9 Å². The summed E-state index contributed by atoms with van der Waals surface area (Å²) in [5.74, 6) is -2.47. The van der Waals surface area contributed by atoms with Gasteiger partial charge in [0.25, 0.3) is 0 Å². The molecule has 3 N–H and O–H groups in total. The van der Waals surface area contributed by atoms with Crippen LogP contribution in [0.4, 0.5) is 0 Å². The Morgan fingerprint density at radius 3 is 2.58 bits per heavy atom. The molecule has 2 bridgehead atoms. The molecular formula is C24H27ClO8. The standard InChI is InChI=1S/C24H27ClO8/c1-29-23-13-31-24(33-23,22(28)20(26)21(23)27)16-4-7-19(25)15(11-16)10-14-2-5-17(6-3-14)32-18-8-9-30-12-18/h2-7,11,18,20-22,26-28H,8-10,12-13H2,1H3/t18-,20-,21-,22+,23-,24-/m0/s1. The Balaban J connectivity index is 1.38. The molecule has 0 amide bonds. The normalized spacial score (nSPS) is 35.7. The van der Waals surface area contributed by atoms with E-state index in [-0.39, 0.29) is 12.7 Å². The Kier molecular flexibility index (Phi) is 6.13. The first-order chi connectivity index (χ1) is 15.9. The molecule has 33 heavy (non-hydrogen) atoms. The maximum Gasteiger partial charge on any atom is 0.227 e. The highest BCUT2D eigenvalue weighted by Crippen LogP contribution is 2.50. The zero-order valence-corrected chi connectivity index (χ0v) is 18.9. The Hall–Kier alpha value is -1.75. The quantitative estimate of drug-likeness (QED) is 0.576. The van der Waals surface area contributed by atoms with Crippen molar-refractivity contribution in [2.45, 2.75) is 48.8 Å². The fourth-order valence-corrected chi connectivity index (χ4v) is 4.82. The van der Waals surface area contributed by atoms with Gasteiger partial charge in [-0.3, -0.25) is 0 Å². The number of hydrogen-bond acceptors (Lipinski definition) is 8. The van der Waals surface area contributed by atoms with Gasteiger partial charge in [0, 0.05) is 24.1 Å². The fraction of sp³-hybridized carbons (Fsp3) is 0.500. The zero-order chi connectivity index (χ0) is 23.2. The van der Waals surface area contributed by atoms with Crippen molar-refractivity contribution < 1.29 is 39.0 Å². The Labute approximate surface area is 196 Å². The van der Waals surface area contributed by atoms with Crippen molar-refractivity contribution in [3.05, 3.63) is 64.2 Å². The van der Waals surface area contributed by atoms with Gasteiger partial charge in [-0.2, -0.15) is 0 Å². The molecule has 2 aromatic carbocycles. The monoisotopic (exact) mass is 478 g/mol. The van der Waals surface area contributed by atoms with Crippen LogP contribution in [0.5, 0.6) is 5.75 Å². The highest BCUT2D eigenvalue weighted by atomic mass is 35.5. The number of halogens is 1. The predicted octanol–water partition coefficient (Wildman–Crippen LogP) is 1.74. The zero-order valence-electron chi connectivity index (χ0n) is 18.1. The minimum Gasteiger partial charge on any atom is -0.488 e. The highest BCUT2D eigenvalue weighted by Gasteiger charge is 2.68. The summed E-state index contributed by atoms with van der Waals surface area (Å²) in [5.41, 5.74) is 2.28. The van der Waals surface area contributed by atoms with Gasteiger partial charge in [0.15, 0.2) is 0 Å². The van der Waals surface area contributed by atoms with Crippen LogP contribution in [0.2, 0.25) is 5.02 Å². The molecular weight excluding hydrogens is 452 g/mol. The van der Waals surface area contributed by atoms with Gasteiger partial charge in [0.2, 0.25) is 11.6 Å². The maximum atomic E-state index is 10.8. The topological polar surface area (TPSA) is 107 Å². The van der Waals surface area contributed by atoms with Crippen molar-refractivity contribution in [2.24, 2.45) is 0 Å². The molecule has 6 atom stereocenters. The second-order valence-electron chi connectivity index (χ2n) is 8.68. The molecule has 8 nitrogen and oxygen atoms in total. The molecule has 3 fully saturated rings. The third kappa shape index (κ3) is 3.94. The minimum absolute atomic E-state index is 0.0858. The van der Waals surface area contributed by atoms with E-state index >= 15 is 0 Å². The molecule has 0 aliphatic carbocycles. The first kappa shape index (κ1) is 23.0. The minimum atomic E-state index is -1.69. The molecule has 0 spiro atoms. The van der Waals surface area contributed by atoms with Crippen molar-refractivity contribution in [1.82, 2.24) is 0 Å². The number of rotatable bonds is 6. The highest BCUT2D eigenvalue weighted by molar-refractivity contribution is 6.31. The molecule has 2 aromatic rings. The van der Waals surface area contributed by atoms with E-state index in [4.69, 9.17) is 35.3 Å². The summed E-state index contributed by atoms with van der Waals surface area (Å²) >= 11 is 6.47. The van der Waals surface area contributed by atoms with Crippen LogP contribution >= 0.6 is 11.6 Å². The summed E-state index contributed by atoms with van der Waals surface area (Å²) in [5, 5.41) is 32.1. The summed E-state index contributed by atoms with van der Waals surface area (Å²) in [4.78, 5) is 0. The molecule has 3 heterocycles. The van der Waals surface area contributed by atoms with E-state index in [1.807, 2.05) is 24.3 Å². The summed E-state index contributed by atoms with van der Waals surface area (Å²) in [6.07, 6.45) is -3.01. The number of aliphatic hydroxyl groups is 3. The first-order valence-electron chi connectivity index (χ1n) is 10.9. The molecule has 0 unspecified atom stereocenters. The van der Waals surface area contributed by atoms with Gasteiger partial charge < -0.3 is 39.0 Å². The van der Waals surface area contributed by atoms with Crippen LogP contribution < -0.4 is 4.74 Å². The van der Waals surface area contributed by atoms with Crippen molar-refractivity contribution >= 4 is 11.6 Å². The average molecular weight is 479 g/mol. The van der Waals surface area contributed by atoms with E-state index in [2.05, 4.69) is 0 Å². The number of methoxy groups -OCH3 is 1. The fourth-order valence-electron chi connectivity index (χ4n) is 4.64. The number of hydrogen-bond donors (Lipinski definition) is 3. The molecule has 178 valence electrons. The predicted molar refractivity (Wildman–Crippen MR) is 117 cm³/mol. The van der Waals surface area contributed by atoms with Crippen LogP contribution in [-0.2, 0) is 31.2 Å². The number of fused-ring (bicyclic) bond motifs is 2. The van der Waals surface area contributed by atoms with E-state index in [0.717, 1.165) is 29.9 Å². The molecule has 9 heteroatoms. The Morgan fingerprint density at radius 2 is 1.88 bits per heavy atom. The van der Waals surface area contributed by atoms with Crippen molar-refractivity contribution in [1.29, 1.82) is 0 Å². The van der Waals surface area contributed by atoms with E-state index in [0.29, 0.717) is 23.6 Å². The molecule has 3 saturated heterocycles. The van der Waals surface area contributed by atoms with Gasteiger partial charge in [0.1, 0.15) is 36.8 Å². The lowest BCUT2D eigenvalue weighted by Gasteiger charge is -2.45. The Bertz CT molecular complexity index is 994. The Morgan fingerprint density at radius 1 is 1.09 bits per heavy atom. The van der Waals surface area contributed by atoms with Gasteiger partial charge in [-0.25, -0.2) is 0 Å². The van der Waals surface area contributed by atoms with Crippen LogP contribution in [0, 0.1) is 0 Å². The van der Waals surface area contributed by atoms with Crippen molar-refractivity contribution in [3.63, 3.8) is 0 Å². The van der Waals surface area contributed by atoms with Crippen LogP contribution in [0.25, 0.3) is 0 Å². The van der Waals surface area contributed by atoms with E-state index in [1.54, 1.807) is 18.2 Å². The molecule has 0 radical (unpaired) electrons.